The van der Waals surface area contributed by atoms with Crippen LogP contribution in [0, 0.1) is 6.92 Å². The van der Waals surface area contributed by atoms with Gasteiger partial charge in [-0.25, -0.2) is 9.97 Å². The van der Waals surface area contributed by atoms with Crippen LogP contribution in [0.25, 0.3) is 16.7 Å². The predicted molar refractivity (Wildman–Crippen MR) is 92.3 cm³/mol. The molecule has 118 valence electrons. The first-order valence-electron chi connectivity index (χ1n) is 7.54. The van der Waals surface area contributed by atoms with Crippen molar-refractivity contribution in [1.82, 2.24) is 19.5 Å². The van der Waals surface area contributed by atoms with Crippen molar-refractivity contribution in [3.63, 3.8) is 0 Å². The van der Waals surface area contributed by atoms with E-state index in [1.807, 2.05) is 31.2 Å². The van der Waals surface area contributed by atoms with E-state index in [1.54, 1.807) is 41.6 Å². The molecule has 0 aliphatic heterocycles. The number of anilines is 1. The van der Waals surface area contributed by atoms with Crippen LogP contribution < -0.4 is 5.32 Å². The predicted octanol–water partition coefficient (Wildman–Crippen LogP) is 3.31. The lowest BCUT2D eigenvalue weighted by molar-refractivity contribution is 0.102. The second-order valence-corrected chi connectivity index (χ2v) is 5.58. The summed E-state index contributed by atoms with van der Waals surface area (Å²) in [4.78, 5) is 23.9. The molecule has 0 saturated carbocycles. The lowest BCUT2D eigenvalue weighted by Crippen LogP contribution is -2.12. The van der Waals surface area contributed by atoms with Gasteiger partial charge in [-0.3, -0.25) is 9.36 Å². The van der Waals surface area contributed by atoms with E-state index in [2.05, 4.69) is 20.3 Å². The lowest BCUT2D eigenvalue weighted by atomic mass is 10.2. The van der Waals surface area contributed by atoms with Crippen LogP contribution in [0.2, 0.25) is 0 Å². The average Bonchev–Trinajstić information content (AvgIpc) is 3.23. The quantitative estimate of drug-likeness (QED) is 0.608. The SMILES string of the molecule is Cc1cc2cc(NC(=O)c3ccc(-n4ccnc4)nc3)ccc2[nH]1. The number of hydrogen-bond acceptors (Lipinski definition) is 3. The fourth-order valence-corrected chi connectivity index (χ4v) is 2.63. The number of amides is 1. The van der Waals surface area contributed by atoms with E-state index in [4.69, 9.17) is 0 Å². The van der Waals surface area contributed by atoms with E-state index in [9.17, 15) is 4.79 Å². The van der Waals surface area contributed by atoms with Crippen LogP contribution in [0.5, 0.6) is 0 Å². The fraction of sp³-hybridized carbons (Fsp3) is 0.0556. The number of H-pyrrole nitrogens is 1. The zero-order valence-electron chi connectivity index (χ0n) is 13.0. The molecule has 0 atom stereocenters. The number of benzene rings is 1. The molecule has 3 aromatic heterocycles. The largest absolute Gasteiger partial charge is 0.359 e. The maximum atomic E-state index is 12.4. The Morgan fingerprint density at radius 1 is 1.21 bits per heavy atom. The molecule has 6 heteroatoms. The molecule has 2 N–H and O–H groups in total. The van der Waals surface area contributed by atoms with Gasteiger partial charge in [0.05, 0.1) is 5.56 Å². The first-order valence-corrected chi connectivity index (χ1v) is 7.54. The van der Waals surface area contributed by atoms with E-state index < -0.39 is 0 Å². The first-order chi connectivity index (χ1) is 11.7. The van der Waals surface area contributed by atoms with E-state index >= 15 is 0 Å². The monoisotopic (exact) mass is 317 g/mol. The molecular weight excluding hydrogens is 302 g/mol. The van der Waals surface area contributed by atoms with Gasteiger partial charge in [0, 0.05) is 40.9 Å². The number of carbonyl (C=O) groups is 1. The van der Waals surface area contributed by atoms with Gasteiger partial charge in [-0.15, -0.1) is 0 Å². The molecule has 0 spiro atoms. The highest BCUT2D eigenvalue weighted by atomic mass is 16.1. The van der Waals surface area contributed by atoms with Gasteiger partial charge >= 0.3 is 0 Å². The average molecular weight is 317 g/mol. The molecule has 0 saturated heterocycles. The topological polar surface area (TPSA) is 75.6 Å². The normalized spacial score (nSPS) is 10.9. The van der Waals surface area contributed by atoms with Gasteiger partial charge in [-0.2, -0.15) is 0 Å². The lowest BCUT2D eigenvalue weighted by Gasteiger charge is -2.06. The molecule has 0 fully saturated rings. The molecule has 0 aliphatic rings. The highest BCUT2D eigenvalue weighted by Crippen LogP contribution is 2.20. The van der Waals surface area contributed by atoms with Gasteiger partial charge < -0.3 is 10.3 Å². The van der Waals surface area contributed by atoms with Crippen LogP contribution in [-0.2, 0) is 0 Å². The molecule has 0 radical (unpaired) electrons. The Kier molecular flexibility index (Phi) is 3.35. The summed E-state index contributed by atoms with van der Waals surface area (Å²) in [5.74, 6) is 0.527. The van der Waals surface area contributed by atoms with Crippen LogP contribution in [0.3, 0.4) is 0 Å². The van der Waals surface area contributed by atoms with Crippen molar-refractivity contribution in [3.8, 4) is 5.82 Å². The molecule has 1 aromatic carbocycles. The molecule has 4 aromatic rings. The standard InChI is InChI=1S/C18H15N5O/c1-12-8-14-9-15(3-4-16(14)21-12)22-18(24)13-2-5-17(20-10-13)23-7-6-19-11-23/h2-11,21H,1H3,(H,22,24). The second-order valence-electron chi connectivity index (χ2n) is 5.58. The summed E-state index contributed by atoms with van der Waals surface area (Å²) >= 11 is 0. The number of fused-ring (bicyclic) bond motifs is 1. The Balaban J connectivity index is 1.54. The van der Waals surface area contributed by atoms with Gasteiger partial charge in [0.1, 0.15) is 12.1 Å². The van der Waals surface area contributed by atoms with E-state index in [0.717, 1.165) is 22.3 Å². The summed E-state index contributed by atoms with van der Waals surface area (Å²) in [7, 11) is 0. The third-order valence-corrected chi connectivity index (χ3v) is 3.79. The maximum absolute atomic E-state index is 12.4. The smallest absolute Gasteiger partial charge is 0.257 e. The van der Waals surface area contributed by atoms with Crippen LogP contribution in [0.1, 0.15) is 16.1 Å². The van der Waals surface area contributed by atoms with Gasteiger partial charge in [0.15, 0.2) is 0 Å². The highest BCUT2D eigenvalue weighted by Gasteiger charge is 2.08. The van der Waals surface area contributed by atoms with Crippen molar-refractivity contribution in [2.24, 2.45) is 0 Å². The minimum Gasteiger partial charge on any atom is -0.359 e. The summed E-state index contributed by atoms with van der Waals surface area (Å²) in [6.07, 6.45) is 6.71. The number of carbonyl (C=O) groups excluding carboxylic acids is 1. The molecule has 0 unspecified atom stereocenters. The Labute approximate surface area is 138 Å². The molecule has 4 rings (SSSR count). The van der Waals surface area contributed by atoms with Gasteiger partial charge in [0.2, 0.25) is 0 Å². The number of aryl methyl sites for hydroxylation is 1. The van der Waals surface area contributed by atoms with Gasteiger partial charge in [0.25, 0.3) is 5.91 Å². The van der Waals surface area contributed by atoms with Crippen LogP contribution in [0.4, 0.5) is 5.69 Å². The summed E-state index contributed by atoms with van der Waals surface area (Å²) in [5.41, 5.74) is 3.40. The summed E-state index contributed by atoms with van der Waals surface area (Å²) < 4.78 is 1.78. The molecule has 6 nitrogen and oxygen atoms in total. The summed E-state index contributed by atoms with van der Waals surface area (Å²) in [6.45, 7) is 2.01. The molecule has 3 heterocycles. The number of rotatable bonds is 3. The van der Waals surface area contributed by atoms with Crippen molar-refractivity contribution in [3.05, 3.63) is 72.6 Å². The first kappa shape index (κ1) is 14.2. The zero-order chi connectivity index (χ0) is 16.5. The van der Waals surface area contributed by atoms with Crippen LogP contribution in [0.15, 0.2) is 61.3 Å². The van der Waals surface area contributed by atoms with Crippen molar-refractivity contribution in [2.45, 2.75) is 6.92 Å². The van der Waals surface area contributed by atoms with Crippen LogP contribution in [-0.4, -0.2) is 25.4 Å². The Morgan fingerprint density at radius 2 is 2.12 bits per heavy atom. The number of aromatic nitrogens is 4. The Hall–Kier alpha value is -3.41. The number of nitrogens with one attached hydrogen (secondary N) is 2. The minimum atomic E-state index is -0.189. The number of aromatic amines is 1. The highest BCUT2D eigenvalue weighted by molar-refractivity contribution is 6.05. The van der Waals surface area contributed by atoms with Crippen LogP contribution >= 0.6 is 0 Å². The molecular formula is C18H15N5O. The Morgan fingerprint density at radius 3 is 2.88 bits per heavy atom. The molecule has 1 amide bonds. The third kappa shape index (κ3) is 2.65. The summed E-state index contributed by atoms with van der Waals surface area (Å²) in [5, 5.41) is 3.97. The maximum Gasteiger partial charge on any atom is 0.257 e. The van der Waals surface area contributed by atoms with Crippen molar-refractivity contribution in [1.29, 1.82) is 0 Å². The molecule has 0 bridgehead atoms. The number of imidazole rings is 1. The zero-order valence-corrected chi connectivity index (χ0v) is 13.0. The third-order valence-electron chi connectivity index (χ3n) is 3.79. The fourth-order valence-electron chi connectivity index (χ4n) is 2.63. The second kappa shape index (κ2) is 5.66. The van der Waals surface area contributed by atoms with Crippen molar-refractivity contribution < 1.29 is 4.79 Å². The van der Waals surface area contributed by atoms with Gasteiger partial charge in [-0.1, -0.05) is 0 Å². The minimum absolute atomic E-state index is 0.189. The number of nitrogens with zero attached hydrogens (tertiary/aromatic N) is 3. The number of hydrogen-bond donors (Lipinski definition) is 2. The van der Waals surface area contributed by atoms with E-state index in [0.29, 0.717) is 11.4 Å². The van der Waals surface area contributed by atoms with E-state index in [1.165, 1.54) is 0 Å². The summed E-state index contributed by atoms with van der Waals surface area (Å²) in [6, 6.07) is 11.4. The molecule has 0 aliphatic carbocycles. The van der Waals surface area contributed by atoms with E-state index in [-0.39, 0.29) is 5.91 Å². The van der Waals surface area contributed by atoms with Crippen molar-refractivity contribution in [2.75, 3.05) is 5.32 Å². The Bertz CT molecular complexity index is 1000. The number of pyridine rings is 1. The van der Waals surface area contributed by atoms with Gasteiger partial charge in [-0.05, 0) is 43.3 Å². The molecule has 24 heavy (non-hydrogen) atoms. The van der Waals surface area contributed by atoms with Crippen molar-refractivity contribution >= 4 is 22.5 Å².